The average molecular weight is 298 g/mol. The third kappa shape index (κ3) is 5.03. The Morgan fingerprint density at radius 2 is 2.30 bits per heavy atom. The van der Waals surface area contributed by atoms with Gasteiger partial charge in [0.25, 0.3) is 0 Å². The highest BCUT2D eigenvalue weighted by atomic mass is 32.2. The van der Waals surface area contributed by atoms with Gasteiger partial charge in [0.2, 0.25) is 5.91 Å². The van der Waals surface area contributed by atoms with Crippen LogP contribution in [0.4, 0.5) is 5.69 Å². The van der Waals surface area contributed by atoms with E-state index < -0.39 is 6.04 Å². The van der Waals surface area contributed by atoms with Gasteiger partial charge in [-0.25, -0.2) is 0 Å². The van der Waals surface area contributed by atoms with E-state index >= 15 is 0 Å². The van der Waals surface area contributed by atoms with Crippen LogP contribution >= 0.6 is 11.8 Å². The van der Waals surface area contributed by atoms with Crippen molar-refractivity contribution in [3.63, 3.8) is 0 Å². The largest absolute Gasteiger partial charge is 0.494 e. The van der Waals surface area contributed by atoms with Crippen LogP contribution < -0.4 is 15.8 Å². The van der Waals surface area contributed by atoms with Crippen LogP contribution in [0.3, 0.4) is 0 Å². The highest BCUT2D eigenvalue weighted by molar-refractivity contribution is 7.98. The zero-order valence-corrected chi connectivity index (χ0v) is 12.7. The SMILES string of the molecule is CCOc1ccc(NC(=O)[C@@H](N)CCSC)cc1CO. The van der Waals surface area contributed by atoms with Crippen molar-refractivity contribution >= 4 is 23.4 Å². The van der Waals surface area contributed by atoms with E-state index in [-0.39, 0.29) is 12.5 Å². The smallest absolute Gasteiger partial charge is 0.241 e. The number of aliphatic hydroxyl groups is 1. The first-order valence-electron chi connectivity index (χ1n) is 6.54. The molecule has 0 aromatic heterocycles. The molecule has 1 atom stereocenters. The molecule has 0 radical (unpaired) electrons. The molecule has 112 valence electrons. The number of amides is 1. The second-order valence-electron chi connectivity index (χ2n) is 4.29. The van der Waals surface area contributed by atoms with Crippen molar-refractivity contribution in [3.8, 4) is 5.75 Å². The Morgan fingerprint density at radius 3 is 2.90 bits per heavy atom. The van der Waals surface area contributed by atoms with Gasteiger partial charge in [0.15, 0.2) is 0 Å². The van der Waals surface area contributed by atoms with Crippen LogP contribution in [0.2, 0.25) is 0 Å². The van der Waals surface area contributed by atoms with Crippen molar-refractivity contribution in [2.24, 2.45) is 5.73 Å². The zero-order valence-electron chi connectivity index (χ0n) is 11.9. The fourth-order valence-corrected chi connectivity index (χ4v) is 2.18. The van der Waals surface area contributed by atoms with Crippen LogP contribution in [0.5, 0.6) is 5.75 Å². The number of benzene rings is 1. The van der Waals surface area contributed by atoms with E-state index in [1.165, 1.54) is 0 Å². The van der Waals surface area contributed by atoms with Crippen LogP contribution in [0.15, 0.2) is 18.2 Å². The number of thioether (sulfide) groups is 1. The second kappa shape index (κ2) is 8.84. The molecule has 0 spiro atoms. The molecule has 1 aromatic carbocycles. The lowest BCUT2D eigenvalue weighted by molar-refractivity contribution is -0.117. The zero-order chi connectivity index (χ0) is 15.0. The van der Waals surface area contributed by atoms with Crippen molar-refractivity contribution < 1.29 is 14.6 Å². The number of anilines is 1. The lowest BCUT2D eigenvalue weighted by atomic mass is 10.1. The molecule has 4 N–H and O–H groups in total. The molecule has 0 heterocycles. The number of hydrogen-bond donors (Lipinski definition) is 3. The van der Waals surface area contributed by atoms with Gasteiger partial charge >= 0.3 is 0 Å². The summed E-state index contributed by atoms with van der Waals surface area (Å²) >= 11 is 1.66. The van der Waals surface area contributed by atoms with E-state index in [0.29, 0.717) is 30.0 Å². The molecule has 1 amide bonds. The minimum absolute atomic E-state index is 0.141. The summed E-state index contributed by atoms with van der Waals surface area (Å²) in [6.45, 7) is 2.26. The van der Waals surface area contributed by atoms with Gasteiger partial charge in [-0.2, -0.15) is 11.8 Å². The van der Waals surface area contributed by atoms with Crippen molar-refractivity contribution in [2.45, 2.75) is 26.0 Å². The monoisotopic (exact) mass is 298 g/mol. The summed E-state index contributed by atoms with van der Waals surface area (Å²) in [6.07, 6.45) is 2.61. The molecular formula is C14H22N2O3S. The van der Waals surface area contributed by atoms with Crippen LogP contribution in [0, 0.1) is 0 Å². The first kappa shape index (κ1) is 16.8. The molecule has 5 nitrogen and oxygen atoms in total. The number of carbonyl (C=O) groups is 1. The van der Waals surface area contributed by atoms with E-state index in [2.05, 4.69) is 5.32 Å². The van der Waals surface area contributed by atoms with Gasteiger partial charge in [0.05, 0.1) is 19.3 Å². The third-order valence-corrected chi connectivity index (χ3v) is 3.41. The predicted molar refractivity (Wildman–Crippen MR) is 83.1 cm³/mol. The highest BCUT2D eigenvalue weighted by Gasteiger charge is 2.14. The maximum absolute atomic E-state index is 11.9. The van der Waals surface area contributed by atoms with Gasteiger partial charge in [-0.15, -0.1) is 0 Å². The van der Waals surface area contributed by atoms with Gasteiger partial charge < -0.3 is 20.9 Å². The Bertz CT molecular complexity index is 440. The molecule has 6 heteroatoms. The minimum atomic E-state index is -0.522. The second-order valence-corrected chi connectivity index (χ2v) is 5.28. The summed E-state index contributed by atoms with van der Waals surface area (Å²) in [5, 5.41) is 12.1. The fourth-order valence-electron chi connectivity index (χ4n) is 1.69. The number of nitrogens with one attached hydrogen (secondary N) is 1. The summed E-state index contributed by atoms with van der Waals surface area (Å²) in [5.41, 5.74) is 7.05. The quantitative estimate of drug-likeness (QED) is 0.679. The first-order valence-corrected chi connectivity index (χ1v) is 7.93. The predicted octanol–water partition coefficient (Wildman–Crippen LogP) is 1.60. The Balaban J connectivity index is 2.70. The van der Waals surface area contributed by atoms with E-state index in [0.717, 1.165) is 5.75 Å². The van der Waals surface area contributed by atoms with E-state index in [1.54, 1.807) is 30.0 Å². The Labute approximate surface area is 123 Å². The molecule has 0 unspecified atom stereocenters. The summed E-state index contributed by atoms with van der Waals surface area (Å²) in [4.78, 5) is 11.9. The van der Waals surface area contributed by atoms with Gasteiger partial charge in [0, 0.05) is 11.3 Å². The number of ether oxygens (including phenoxy) is 1. The third-order valence-electron chi connectivity index (χ3n) is 2.77. The summed E-state index contributed by atoms with van der Waals surface area (Å²) in [5.74, 6) is 1.26. The molecule has 0 aliphatic carbocycles. The molecule has 0 aliphatic heterocycles. The molecular weight excluding hydrogens is 276 g/mol. The lowest BCUT2D eigenvalue weighted by Gasteiger charge is -2.14. The molecule has 0 saturated carbocycles. The topological polar surface area (TPSA) is 84.6 Å². The number of hydrogen-bond acceptors (Lipinski definition) is 5. The molecule has 1 aromatic rings. The number of nitrogens with two attached hydrogens (primary N) is 1. The van der Waals surface area contributed by atoms with Crippen LogP contribution in [-0.4, -0.2) is 35.7 Å². The minimum Gasteiger partial charge on any atom is -0.494 e. The summed E-state index contributed by atoms with van der Waals surface area (Å²) < 4.78 is 5.39. The summed E-state index contributed by atoms with van der Waals surface area (Å²) in [6, 6.07) is 4.65. The average Bonchev–Trinajstić information content (AvgIpc) is 2.46. The normalized spacial score (nSPS) is 12.0. The van der Waals surface area contributed by atoms with Gasteiger partial charge in [0.1, 0.15) is 5.75 Å². The van der Waals surface area contributed by atoms with Crippen molar-refractivity contribution in [1.82, 2.24) is 0 Å². The molecule has 0 aliphatic rings. The molecule has 0 saturated heterocycles. The number of carbonyl (C=O) groups excluding carboxylic acids is 1. The lowest BCUT2D eigenvalue weighted by Crippen LogP contribution is -2.36. The van der Waals surface area contributed by atoms with Crippen molar-refractivity contribution in [2.75, 3.05) is 23.9 Å². The van der Waals surface area contributed by atoms with E-state index in [1.807, 2.05) is 13.2 Å². The Morgan fingerprint density at radius 1 is 1.55 bits per heavy atom. The Kier molecular flexibility index (Phi) is 7.43. The fraction of sp³-hybridized carbons (Fsp3) is 0.500. The van der Waals surface area contributed by atoms with Crippen LogP contribution in [0.25, 0.3) is 0 Å². The first-order chi connectivity index (χ1) is 9.62. The molecule has 1 rings (SSSR count). The standard InChI is InChI=1S/C14H22N2O3S/c1-3-19-13-5-4-11(8-10(13)9-17)16-14(18)12(15)6-7-20-2/h4-5,8,12,17H,3,6-7,9,15H2,1-2H3,(H,16,18)/t12-/m0/s1. The van der Waals surface area contributed by atoms with Gasteiger partial charge in [-0.3, -0.25) is 4.79 Å². The highest BCUT2D eigenvalue weighted by Crippen LogP contribution is 2.23. The van der Waals surface area contributed by atoms with Crippen molar-refractivity contribution in [1.29, 1.82) is 0 Å². The van der Waals surface area contributed by atoms with Gasteiger partial charge in [-0.1, -0.05) is 0 Å². The van der Waals surface area contributed by atoms with Crippen molar-refractivity contribution in [3.05, 3.63) is 23.8 Å². The summed E-state index contributed by atoms with van der Waals surface area (Å²) in [7, 11) is 0. The van der Waals surface area contributed by atoms with Crippen LogP contribution in [0.1, 0.15) is 18.9 Å². The number of rotatable bonds is 8. The number of aliphatic hydroxyl groups excluding tert-OH is 1. The maximum atomic E-state index is 11.9. The van der Waals surface area contributed by atoms with E-state index in [4.69, 9.17) is 10.5 Å². The molecule has 0 bridgehead atoms. The molecule has 0 fully saturated rings. The molecule has 20 heavy (non-hydrogen) atoms. The van der Waals surface area contributed by atoms with Crippen LogP contribution in [-0.2, 0) is 11.4 Å². The van der Waals surface area contributed by atoms with E-state index in [9.17, 15) is 9.90 Å². The Hall–Kier alpha value is -1.24. The van der Waals surface area contributed by atoms with Gasteiger partial charge in [-0.05, 0) is 43.6 Å². The maximum Gasteiger partial charge on any atom is 0.241 e.